The predicted octanol–water partition coefficient (Wildman–Crippen LogP) is 2.03. The molecule has 2 aliphatic rings. The summed E-state index contributed by atoms with van der Waals surface area (Å²) < 4.78 is 5.37. The SMILES string of the molecule is N[C@@H]1CC[C@H](CNC(=O)[C@@H]2CCCN2C(=O)OCc2ccccc2)C1. The van der Waals surface area contributed by atoms with Crippen molar-refractivity contribution in [1.29, 1.82) is 0 Å². The fraction of sp³-hybridized carbons (Fsp3) is 0.579. The second-order valence-corrected chi connectivity index (χ2v) is 7.08. The molecule has 3 N–H and O–H groups in total. The van der Waals surface area contributed by atoms with Gasteiger partial charge in [-0.15, -0.1) is 0 Å². The van der Waals surface area contributed by atoms with Gasteiger partial charge in [0.2, 0.25) is 5.91 Å². The predicted molar refractivity (Wildman–Crippen MR) is 94.7 cm³/mol. The molecule has 2 fully saturated rings. The molecule has 6 heteroatoms. The van der Waals surface area contributed by atoms with E-state index in [0.717, 1.165) is 31.2 Å². The van der Waals surface area contributed by atoms with Gasteiger partial charge in [-0.3, -0.25) is 9.69 Å². The standard InChI is InChI=1S/C19H27N3O3/c20-16-9-8-15(11-16)12-21-18(23)17-7-4-10-22(17)19(24)25-13-14-5-2-1-3-6-14/h1-3,5-6,15-17H,4,7-13,20H2,(H,21,23)/t15-,16+,17-/m0/s1. The van der Waals surface area contributed by atoms with Gasteiger partial charge in [0.15, 0.2) is 0 Å². The Morgan fingerprint density at radius 3 is 2.72 bits per heavy atom. The zero-order valence-corrected chi connectivity index (χ0v) is 14.5. The Bertz CT molecular complexity index is 593. The van der Waals surface area contributed by atoms with Gasteiger partial charge in [-0.25, -0.2) is 4.79 Å². The minimum Gasteiger partial charge on any atom is -0.445 e. The number of rotatable bonds is 5. The molecular formula is C19H27N3O3. The van der Waals surface area contributed by atoms with Crippen LogP contribution in [0, 0.1) is 5.92 Å². The molecule has 136 valence electrons. The molecule has 3 atom stereocenters. The van der Waals surface area contributed by atoms with Crippen molar-refractivity contribution in [2.24, 2.45) is 11.7 Å². The highest BCUT2D eigenvalue weighted by Gasteiger charge is 2.35. The van der Waals surface area contributed by atoms with Gasteiger partial charge in [-0.05, 0) is 43.6 Å². The van der Waals surface area contributed by atoms with Gasteiger partial charge < -0.3 is 15.8 Å². The van der Waals surface area contributed by atoms with Gasteiger partial charge in [0.05, 0.1) is 0 Å². The number of ether oxygens (including phenoxy) is 1. The minimum atomic E-state index is -0.418. The van der Waals surface area contributed by atoms with Crippen molar-refractivity contribution in [3.8, 4) is 0 Å². The van der Waals surface area contributed by atoms with Crippen LogP contribution in [0.25, 0.3) is 0 Å². The molecule has 1 aromatic rings. The van der Waals surface area contributed by atoms with E-state index in [1.54, 1.807) is 4.90 Å². The molecule has 3 rings (SSSR count). The maximum Gasteiger partial charge on any atom is 0.410 e. The molecule has 1 aliphatic heterocycles. The maximum absolute atomic E-state index is 12.5. The number of hydrogen-bond acceptors (Lipinski definition) is 4. The average Bonchev–Trinajstić information content (AvgIpc) is 3.27. The first-order chi connectivity index (χ1) is 12.1. The van der Waals surface area contributed by atoms with E-state index in [2.05, 4.69) is 5.32 Å². The van der Waals surface area contributed by atoms with Gasteiger partial charge in [-0.2, -0.15) is 0 Å². The zero-order valence-electron chi connectivity index (χ0n) is 14.5. The Kier molecular flexibility index (Phi) is 5.91. The lowest BCUT2D eigenvalue weighted by atomic mass is 10.1. The second kappa shape index (κ2) is 8.34. The van der Waals surface area contributed by atoms with Crippen LogP contribution in [0.5, 0.6) is 0 Å². The average molecular weight is 345 g/mol. The van der Waals surface area contributed by atoms with E-state index in [1.165, 1.54) is 0 Å². The largest absolute Gasteiger partial charge is 0.445 e. The van der Waals surface area contributed by atoms with Crippen molar-refractivity contribution in [2.45, 2.75) is 50.8 Å². The van der Waals surface area contributed by atoms with Crippen LogP contribution in [0.15, 0.2) is 30.3 Å². The summed E-state index contributed by atoms with van der Waals surface area (Å²) in [5.41, 5.74) is 6.85. The third kappa shape index (κ3) is 4.72. The van der Waals surface area contributed by atoms with E-state index in [0.29, 0.717) is 25.4 Å². The highest BCUT2D eigenvalue weighted by molar-refractivity contribution is 5.86. The molecule has 0 aromatic heterocycles. The van der Waals surface area contributed by atoms with E-state index in [9.17, 15) is 9.59 Å². The number of nitrogens with two attached hydrogens (primary N) is 1. The summed E-state index contributed by atoms with van der Waals surface area (Å²) in [6.45, 7) is 1.44. The normalized spacial score (nSPS) is 25.8. The first-order valence-corrected chi connectivity index (χ1v) is 9.14. The van der Waals surface area contributed by atoms with Crippen molar-refractivity contribution >= 4 is 12.0 Å². The number of likely N-dealkylation sites (tertiary alicyclic amines) is 1. The van der Waals surface area contributed by atoms with Crippen LogP contribution in [0.2, 0.25) is 0 Å². The Hall–Kier alpha value is -2.08. The van der Waals surface area contributed by atoms with E-state index in [1.807, 2.05) is 30.3 Å². The molecule has 1 saturated carbocycles. The smallest absolute Gasteiger partial charge is 0.410 e. The van der Waals surface area contributed by atoms with Gasteiger partial charge in [0.25, 0.3) is 0 Å². The molecule has 1 aromatic carbocycles. The first kappa shape index (κ1) is 17.7. The first-order valence-electron chi connectivity index (χ1n) is 9.14. The number of amides is 2. The lowest BCUT2D eigenvalue weighted by Crippen LogP contribution is -2.47. The summed E-state index contributed by atoms with van der Waals surface area (Å²) in [6, 6.07) is 9.40. The molecule has 25 heavy (non-hydrogen) atoms. The lowest BCUT2D eigenvalue weighted by Gasteiger charge is -2.24. The Balaban J connectivity index is 1.47. The van der Waals surface area contributed by atoms with Crippen LogP contribution in [0.1, 0.15) is 37.7 Å². The fourth-order valence-electron chi connectivity index (χ4n) is 3.72. The molecule has 2 amide bonds. The molecule has 0 radical (unpaired) electrons. The highest BCUT2D eigenvalue weighted by Crippen LogP contribution is 2.24. The van der Waals surface area contributed by atoms with Crippen LogP contribution < -0.4 is 11.1 Å². The van der Waals surface area contributed by atoms with Crippen molar-refractivity contribution in [2.75, 3.05) is 13.1 Å². The van der Waals surface area contributed by atoms with Crippen molar-refractivity contribution in [3.05, 3.63) is 35.9 Å². The highest BCUT2D eigenvalue weighted by atomic mass is 16.6. The molecule has 0 unspecified atom stereocenters. The van der Waals surface area contributed by atoms with E-state index < -0.39 is 12.1 Å². The van der Waals surface area contributed by atoms with Gasteiger partial charge in [-0.1, -0.05) is 30.3 Å². The van der Waals surface area contributed by atoms with Crippen LogP contribution in [0.3, 0.4) is 0 Å². The monoisotopic (exact) mass is 345 g/mol. The quantitative estimate of drug-likeness (QED) is 0.855. The molecular weight excluding hydrogens is 318 g/mol. The Morgan fingerprint density at radius 2 is 2.00 bits per heavy atom. The lowest BCUT2D eigenvalue weighted by molar-refractivity contribution is -0.125. The van der Waals surface area contributed by atoms with Gasteiger partial charge >= 0.3 is 6.09 Å². The van der Waals surface area contributed by atoms with E-state index >= 15 is 0 Å². The molecule has 6 nitrogen and oxygen atoms in total. The Morgan fingerprint density at radius 1 is 1.20 bits per heavy atom. The molecule has 1 saturated heterocycles. The Labute approximate surface area is 148 Å². The fourth-order valence-corrected chi connectivity index (χ4v) is 3.72. The van der Waals surface area contributed by atoms with Crippen LogP contribution in [-0.2, 0) is 16.1 Å². The number of carbonyl (C=O) groups excluding carboxylic acids is 2. The van der Waals surface area contributed by atoms with Crippen molar-refractivity contribution in [3.63, 3.8) is 0 Å². The molecule has 0 spiro atoms. The zero-order chi connectivity index (χ0) is 17.6. The number of nitrogens with one attached hydrogen (secondary N) is 1. The summed E-state index contributed by atoms with van der Waals surface area (Å²) >= 11 is 0. The molecule has 1 heterocycles. The second-order valence-electron chi connectivity index (χ2n) is 7.08. The maximum atomic E-state index is 12.5. The third-order valence-corrected chi connectivity index (χ3v) is 5.14. The number of carbonyl (C=O) groups is 2. The summed E-state index contributed by atoms with van der Waals surface area (Å²) in [5, 5.41) is 3.00. The van der Waals surface area contributed by atoms with Crippen LogP contribution in [-0.4, -0.2) is 42.1 Å². The van der Waals surface area contributed by atoms with Gasteiger partial charge in [0.1, 0.15) is 12.6 Å². The van der Waals surface area contributed by atoms with Crippen molar-refractivity contribution in [1.82, 2.24) is 10.2 Å². The third-order valence-electron chi connectivity index (χ3n) is 5.14. The molecule has 0 bridgehead atoms. The number of benzene rings is 1. The van der Waals surface area contributed by atoms with E-state index in [4.69, 9.17) is 10.5 Å². The number of nitrogens with zero attached hydrogens (tertiary/aromatic N) is 1. The summed E-state index contributed by atoms with van der Waals surface area (Å²) in [6.07, 6.45) is 4.16. The summed E-state index contributed by atoms with van der Waals surface area (Å²) in [4.78, 5) is 26.4. The summed E-state index contributed by atoms with van der Waals surface area (Å²) in [7, 11) is 0. The molecule has 1 aliphatic carbocycles. The summed E-state index contributed by atoms with van der Waals surface area (Å²) in [5.74, 6) is 0.383. The van der Waals surface area contributed by atoms with Gasteiger partial charge in [0, 0.05) is 19.1 Å². The van der Waals surface area contributed by atoms with Crippen molar-refractivity contribution < 1.29 is 14.3 Å². The van der Waals surface area contributed by atoms with Crippen LogP contribution >= 0.6 is 0 Å². The minimum absolute atomic E-state index is 0.0744. The van der Waals surface area contributed by atoms with E-state index in [-0.39, 0.29) is 18.6 Å². The van der Waals surface area contributed by atoms with Crippen LogP contribution in [0.4, 0.5) is 4.79 Å². The number of hydrogen-bond donors (Lipinski definition) is 2. The topological polar surface area (TPSA) is 84.7 Å².